The highest BCUT2D eigenvalue weighted by Gasteiger charge is 2.18. The van der Waals surface area contributed by atoms with Crippen molar-refractivity contribution in [2.75, 3.05) is 16.8 Å². The number of pyridine rings is 1. The quantitative estimate of drug-likeness (QED) is 0.788. The molecule has 0 saturated carbocycles. The third kappa shape index (κ3) is 3.68. The Kier molecular flexibility index (Phi) is 4.90. The number of benzene rings is 2. The average molecular weight is 344 g/mol. The molecule has 0 bridgehead atoms. The molecule has 2 amide bonds. The van der Waals surface area contributed by atoms with Gasteiger partial charge >= 0.3 is 0 Å². The van der Waals surface area contributed by atoms with E-state index >= 15 is 0 Å². The maximum atomic E-state index is 12.4. The first-order chi connectivity index (χ1) is 12.6. The standard InChI is InChI=1S/C20H16N4O2/c1-14(25)24(18-6-2-4-16-5-3-11-22-20(16)18)13-19(26)23-17-9-7-15(12-21)8-10-17/h2-11H,13H2,1H3,(H,23,26). The van der Waals surface area contributed by atoms with Gasteiger partial charge in [-0.1, -0.05) is 18.2 Å². The molecule has 0 aliphatic heterocycles. The number of nitrogens with zero attached hydrogens (tertiary/aromatic N) is 3. The van der Waals surface area contributed by atoms with Gasteiger partial charge in [0.15, 0.2) is 0 Å². The number of amides is 2. The van der Waals surface area contributed by atoms with E-state index in [1.165, 1.54) is 11.8 Å². The lowest BCUT2D eigenvalue weighted by Gasteiger charge is -2.21. The molecule has 1 aromatic heterocycles. The van der Waals surface area contributed by atoms with E-state index < -0.39 is 0 Å². The molecule has 6 nitrogen and oxygen atoms in total. The van der Waals surface area contributed by atoms with Crippen molar-refractivity contribution in [3.05, 3.63) is 66.4 Å². The predicted octanol–water partition coefficient (Wildman–Crippen LogP) is 3.10. The van der Waals surface area contributed by atoms with Crippen LogP contribution in [0.2, 0.25) is 0 Å². The molecule has 1 heterocycles. The maximum Gasteiger partial charge on any atom is 0.244 e. The van der Waals surface area contributed by atoms with Crippen LogP contribution in [0, 0.1) is 11.3 Å². The van der Waals surface area contributed by atoms with Crippen LogP contribution in [-0.2, 0) is 9.59 Å². The SMILES string of the molecule is CC(=O)N(CC(=O)Nc1ccc(C#N)cc1)c1cccc2cccnc12. The second-order valence-corrected chi connectivity index (χ2v) is 5.69. The van der Waals surface area contributed by atoms with E-state index in [0.29, 0.717) is 22.5 Å². The van der Waals surface area contributed by atoms with Crippen LogP contribution in [0.1, 0.15) is 12.5 Å². The number of para-hydroxylation sites is 1. The van der Waals surface area contributed by atoms with E-state index in [4.69, 9.17) is 5.26 Å². The molecule has 0 radical (unpaired) electrons. The Morgan fingerprint density at radius 2 is 1.85 bits per heavy atom. The van der Waals surface area contributed by atoms with Crippen molar-refractivity contribution in [1.29, 1.82) is 5.26 Å². The van der Waals surface area contributed by atoms with Crippen LogP contribution in [0.15, 0.2) is 60.8 Å². The summed E-state index contributed by atoms with van der Waals surface area (Å²) in [6.07, 6.45) is 1.65. The summed E-state index contributed by atoms with van der Waals surface area (Å²) in [4.78, 5) is 30.3. The number of nitrogens with one attached hydrogen (secondary N) is 1. The minimum atomic E-state index is -0.335. The molecule has 1 N–H and O–H groups in total. The molecule has 0 unspecified atom stereocenters. The fraction of sp³-hybridized carbons (Fsp3) is 0.100. The van der Waals surface area contributed by atoms with Crippen molar-refractivity contribution >= 4 is 34.1 Å². The fourth-order valence-electron chi connectivity index (χ4n) is 2.64. The van der Waals surface area contributed by atoms with Crippen LogP contribution in [0.25, 0.3) is 10.9 Å². The number of carbonyl (C=O) groups is 2. The Bertz CT molecular complexity index is 1000. The molecule has 0 spiro atoms. The molecule has 6 heteroatoms. The van der Waals surface area contributed by atoms with Gasteiger partial charge in [-0.2, -0.15) is 5.26 Å². The summed E-state index contributed by atoms with van der Waals surface area (Å²) in [6, 6.07) is 17.8. The molecular formula is C20H16N4O2. The van der Waals surface area contributed by atoms with E-state index in [1.807, 2.05) is 30.3 Å². The first-order valence-corrected chi connectivity index (χ1v) is 8.00. The molecule has 0 aliphatic carbocycles. The second kappa shape index (κ2) is 7.45. The molecule has 0 fully saturated rings. The summed E-state index contributed by atoms with van der Waals surface area (Å²) in [6.45, 7) is 1.28. The molecule has 3 rings (SSSR count). The lowest BCUT2D eigenvalue weighted by Crippen LogP contribution is -2.36. The van der Waals surface area contributed by atoms with Gasteiger partial charge in [0.05, 0.1) is 22.8 Å². The fourth-order valence-corrected chi connectivity index (χ4v) is 2.64. The van der Waals surface area contributed by atoms with Crippen molar-refractivity contribution in [3.8, 4) is 6.07 Å². The van der Waals surface area contributed by atoms with Crippen molar-refractivity contribution < 1.29 is 9.59 Å². The third-order valence-corrected chi connectivity index (χ3v) is 3.88. The second-order valence-electron chi connectivity index (χ2n) is 5.69. The summed E-state index contributed by atoms with van der Waals surface area (Å²) in [5.41, 5.74) is 2.32. The first kappa shape index (κ1) is 17.1. The number of rotatable bonds is 4. The van der Waals surface area contributed by atoms with Crippen LogP contribution in [-0.4, -0.2) is 23.3 Å². The van der Waals surface area contributed by atoms with Gasteiger partial charge in [-0.3, -0.25) is 14.6 Å². The maximum absolute atomic E-state index is 12.4. The Morgan fingerprint density at radius 1 is 1.12 bits per heavy atom. The van der Waals surface area contributed by atoms with Gasteiger partial charge in [-0.05, 0) is 36.4 Å². The molecule has 26 heavy (non-hydrogen) atoms. The predicted molar refractivity (Wildman–Crippen MR) is 99.6 cm³/mol. The zero-order valence-corrected chi connectivity index (χ0v) is 14.1. The van der Waals surface area contributed by atoms with Gasteiger partial charge in [0, 0.05) is 24.2 Å². The number of hydrogen-bond donors (Lipinski definition) is 1. The number of aromatic nitrogens is 1. The van der Waals surface area contributed by atoms with Crippen LogP contribution in [0.4, 0.5) is 11.4 Å². The molecule has 0 atom stereocenters. The minimum Gasteiger partial charge on any atom is -0.325 e. The Balaban J connectivity index is 1.83. The Hall–Kier alpha value is -3.72. The van der Waals surface area contributed by atoms with Crippen LogP contribution in [0.5, 0.6) is 0 Å². The van der Waals surface area contributed by atoms with Gasteiger partial charge in [0.1, 0.15) is 6.54 Å². The van der Waals surface area contributed by atoms with Gasteiger partial charge < -0.3 is 10.2 Å². The number of fused-ring (bicyclic) bond motifs is 1. The summed E-state index contributed by atoms with van der Waals surface area (Å²) < 4.78 is 0. The number of nitriles is 1. The van der Waals surface area contributed by atoms with E-state index in [-0.39, 0.29) is 18.4 Å². The zero-order valence-electron chi connectivity index (χ0n) is 14.1. The zero-order chi connectivity index (χ0) is 18.5. The largest absolute Gasteiger partial charge is 0.325 e. The average Bonchev–Trinajstić information content (AvgIpc) is 2.66. The monoisotopic (exact) mass is 344 g/mol. The number of carbonyl (C=O) groups excluding carboxylic acids is 2. The minimum absolute atomic E-state index is 0.134. The van der Waals surface area contributed by atoms with Gasteiger partial charge in [-0.25, -0.2) is 0 Å². The van der Waals surface area contributed by atoms with E-state index in [0.717, 1.165) is 5.39 Å². The van der Waals surface area contributed by atoms with E-state index in [2.05, 4.69) is 10.3 Å². The summed E-state index contributed by atoms with van der Waals surface area (Å²) in [5.74, 6) is -0.587. The van der Waals surface area contributed by atoms with E-state index in [1.54, 1.807) is 36.5 Å². The van der Waals surface area contributed by atoms with Crippen LogP contribution < -0.4 is 10.2 Å². The van der Waals surface area contributed by atoms with Crippen molar-refractivity contribution in [2.24, 2.45) is 0 Å². The summed E-state index contributed by atoms with van der Waals surface area (Å²) in [7, 11) is 0. The number of hydrogen-bond acceptors (Lipinski definition) is 4. The molecule has 0 saturated heterocycles. The van der Waals surface area contributed by atoms with Gasteiger partial charge in [-0.15, -0.1) is 0 Å². The first-order valence-electron chi connectivity index (χ1n) is 8.00. The topological polar surface area (TPSA) is 86.1 Å². The normalized spacial score (nSPS) is 10.2. The molecule has 3 aromatic rings. The third-order valence-electron chi connectivity index (χ3n) is 3.88. The molecular weight excluding hydrogens is 328 g/mol. The molecule has 2 aromatic carbocycles. The van der Waals surface area contributed by atoms with Crippen molar-refractivity contribution in [1.82, 2.24) is 4.98 Å². The van der Waals surface area contributed by atoms with Crippen LogP contribution >= 0.6 is 0 Å². The smallest absolute Gasteiger partial charge is 0.244 e. The lowest BCUT2D eigenvalue weighted by atomic mass is 10.1. The van der Waals surface area contributed by atoms with E-state index in [9.17, 15) is 9.59 Å². The highest BCUT2D eigenvalue weighted by molar-refractivity contribution is 6.06. The summed E-state index contributed by atoms with van der Waals surface area (Å²) in [5, 5.41) is 12.4. The van der Waals surface area contributed by atoms with Crippen LogP contribution in [0.3, 0.4) is 0 Å². The Labute approximate surface area is 150 Å². The molecule has 0 aliphatic rings. The summed E-state index contributed by atoms with van der Waals surface area (Å²) >= 11 is 0. The van der Waals surface area contributed by atoms with Gasteiger partial charge in [0.2, 0.25) is 11.8 Å². The molecule has 128 valence electrons. The Morgan fingerprint density at radius 3 is 2.54 bits per heavy atom. The van der Waals surface area contributed by atoms with Crippen molar-refractivity contribution in [3.63, 3.8) is 0 Å². The van der Waals surface area contributed by atoms with Crippen molar-refractivity contribution in [2.45, 2.75) is 6.92 Å². The lowest BCUT2D eigenvalue weighted by molar-refractivity contribution is -0.120. The highest BCUT2D eigenvalue weighted by atomic mass is 16.2. The van der Waals surface area contributed by atoms with Gasteiger partial charge in [0.25, 0.3) is 0 Å². The highest BCUT2D eigenvalue weighted by Crippen LogP contribution is 2.25. The number of anilines is 2.